The normalized spacial score (nSPS) is 13.1. The summed E-state index contributed by atoms with van der Waals surface area (Å²) in [4.78, 5) is 13.4. The van der Waals surface area contributed by atoms with Gasteiger partial charge < -0.3 is 4.90 Å². The number of benzene rings is 1. The number of nitrogens with zero attached hydrogens (tertiary/aromatic N) is 3. The smallest absolute Gasteiger partial charge is 0.155 e. The van der Waals surface area contributed by atoms with E-state index in [4.69, 9.17) is 10.5 Å². The van der Waals surface area contributed by atoms with Gasteiger partial charge in [-0.2, -0.15) is 10.5 Å². The van der Waals surface area contributed by atoms with Gasteiger partial charge in [0.15, 0.2) is 5.78 Å². The average molecular weight is 281 g/mol. The van der Waals surface area contributed by atoms with Crippen LogP contribution in [0.1, 0.15) is 31.2 Å². The average Bonchev–Trinajstić information content (AvgIpc) is 2.49. The molecule has 0 N–H and O–H groups in total. The summed E-state index contributed by atoms with van der Waals surface area (Å²) in [5.41, 5.74) is 3.55. The fourth-order valence-corrected chi connectivity index (χ4v) is 2.03. The van der Waals surface area contributed by atoms with Crippen molar-refractivity contribution in [1.82, 2.24) is 0 Å². The molecule has 2 rings (SSSR count). The van der Waals surface area contributed by atoms with Crippen molar-refractivity contribution < 1.29 is 4.79 Å². The fourth-order valence-electron chi connectivity index (χ4n) is 2.03. The predicted octanol–water partition coefficient (Wildman–Crippen LogP) is 3.31. The fraction of sp³-hybridized carbons (Fsp3) is 0.353. The van der Waals surface area contributed by atoms with Crippen molar-refractivity contribution in [1.29, 1.82) is 10.5 Å². The lowest BCUT2D eigenvalue weighted by molar-refractivity contribution is -0.114. The number of carbonyl (C=O) groups is 1. The molecule has 0 amide bonds. The molecule has 0 saturated heterocycles. The van der Waals surface area contributed by atoms with Gasteiger partial charge in [-0.05, 0) is 42.2 Å². The Kier molecular flexibility index (Phi) is 6.71. The molecule has 0 fully saturated rings. The summed E-state index contributed by atoms with van der Waals surface area (Å²) in [6, 6.07) is 11.7. The largest absolute Gasteiger partial charge is 0.378 e. The minimum absolute atomic E-state index is 0. The zero-order valence-corrected chi connectivity index (χ0v) is 12.5. The predicted molar refractivity (Wildman–Crippen MR) is 83.4 cm³/mol. The Balaban J connectivity index is 0.000000383. The molecule has 0 unspecified atom stereocenters. The van der Waals surface area contributed by atoms with Gasteiger partial charge in [0.05, 0.1) is 12.1 Å². The van der Waals surface area contributed by atoms with Crippen LogP contribution in [0.2, 0.25) is 0 Å². The second-order valence-electron chi connectivity index (χ2n) is 4.92. The van der Waals surface area contributed by atoms with Crippen LogP contribution >= 0.6 is 0 Å². The van der Waals surface area contributed by atoms with Crippen LogP contribution in [0.4, 0.5) is 5.69 Å². The summed E-state index contributed by atoms with van der Waals surface area (Å²) in [6.07, 6.45) is 4.51. The van der Waals surface area contributed by atoms with E-state index >= 15 is 0 Å². The van der Waals surface area contributed by atoms with Gasteiger partial charge >= 0.3 is 0 Å². The molecular formula is C17H19N3O. The maximum atomic E-state index is 11.3. The molecule has 1 aromatic rings. The summed E-state index contributed by atoms with van der Waals surface area (Å²) >= 11 is 0. The van der Waals surface area contributed by atoms with Crippen molar-refractivity contribution in [3.05, 3.63) is 35.9 Å². The lowest BCUT2D eigenvalue weighted by Gasteiger charge is -2.15. The third kappa shape index (κ3) is 5.50. The molecular weight excluding hydrogens is 262 g/mol. The molecule has 0 saturated carbocycles. The van der Waals surface area contributed by atoms with Gasteiger partial charge in [0, 0.05) is 26.2 Å². The molecule has 4 nitrogen and oxygen atoms in total. The molecule has 0 heterocycles. The summed E-state index contributed by atoms with van der Waals surface area (Å²) in [7, 11) is 4.05. The Hall–Kier alpha value is -2.59. The molecule has 0 bridgehead atoms. The maximum absolute atomic E-state index is 11.3. The molecule has 1 aliphatic rings. The lowest BCUT2D eigenvalue weighted by Crippen LogP contribution is -2.08. The SMILES string of the molecule is CN(C)c1ccc(C2=CC(=O)CCC2)cc1.N#CCC#N. The molecule has 0 atom stereocenters. The maximum Gasteiger partial charge on any atom is 0.155 e. The van der Waals surface area contributed by atoms with Crippen molar-refractivity contribution in [2.75, 3.05) is 19.0 Å². The number of anilines is 1. The molecule has 0 aliphatic heterocycles. The summed E-state index contributed by atoms with van der Waals surface area (Å²) < 4.78 is 0. The van der Waals surface area contributed by atoms with Crippen LogP contribution in [0, 0.1) is 22.7 Å². The van der Waals surface area contributed by atoms with Gasteiger partial charge in [0.2, 0.25) is 0 Å². The van der Waals surface area contributed by atoms with Crippen molar-refractivity contribution in [3.8, 4) is 12.1 Å². The molecule has 21 heavy (non-hydrogen) atoms. The molecule has 1 aromatic carbocycles. The van der Waals surface area contributed by atoms with Crippen LogP contribution in [0.25, 0.3) is 5.57 Å². The third-order valence-corrected chi connectivity index (χ3v) is 3.12. The molecule has 4 heteroatoms. The molecule has 0 radical (unpaired) electrons. The number of rotatable bonds is 2. The number of allylic oxidation sites excluding steroid dienone is 2. The Bertz CT molecular complexity index is 574. The van der Waals surface area contributed by atoms with Gasteiger partial charge in [-0.15, -0.1) is 0 Å². The highest BCUT2D eigenvalue weighted by Gasteiger charge is 2.11. The Morgan fingerprint density at radius 1 is 1.10 bits per heavy atom. The van der Waals surface area contributed by atoms with E-state index in [0.717, 1.165) is 12.8 Å². The highest BCUT2D eigenvalue weighted by atomic mass is 16.1. The molecule has 0 aromatic heterocycles. The Morgan fingerprint density at radius 3 is 2.14 bits per heavy atom. The lowest BCUT2D eigenvalue weighted by atomic mass is 9.93. The van der Waals surface area contributed by atoms with E-state index in [0.29, 0.717) is 6.42 Å². The van der Waals surface area contributed by atoms with E-state index in [1.54, 1.807) is 18.2 Å². The van der Waals surface area contributed by atoms with Crippen LogP contribution in [0.15, 0.2) is 30.3 Å². The second-order valence-corrected chi connectivity index (χ2v) is 4.92. The monoisotopic (exact) mass is 281 g/mol. The number of hydrogen-bond acceptors (Lipinski definition) is 4. The van der Waals surface area contributed by atoms with Crippen LogP contribution in [-0.4, -0.2) is 19.9 Å². The number of hydrogen-bond donors (Lipinski definition) is 0. The van der Waals surface area contributed by atoms with Crippen LogP contribution in [0.5, 0.6) is 0 Å². The first-order valence-corrected chi connectivity index (χ1v) is 6.83. The number of nitriles is 2. The highest BCUT2D eigenvalue weighted by Crippen LogP contribution is 2.26. The van der Waals surface area contributed by atoms with Crippen LogP contribution in [-0.2, 0) is 4.79 Å². The minimum Gasteiger partial charge on any atom is -0.378 e. The van der Waals surface area contributed by atoms with Gasteiger partial charge in [-0.25, -0.2) is 0 Å². The van der Waals surface area contributed by atoms with E-state index in [-0.39, 0.29) is 12.2 Å². The van der Waals surface area contributed by atoms with E-state index in [1.807, 2.05) is 14.1 Å². The first-order chi connectivity index (χ1) is 10.1. The first kappa shape index (κ1) is 16.5. The minimum atomic E-state index is 0. The van der Waals surface area contributed by atoms with Gasteiger partial charge in [-0.1, -0.05) is 12.1 Å². The van der Waals surface area contributed by atoms with E-state index < -0.39 is 0 Å². The molecule has 1 aliphatic carbocycles. The standard InChI is InChI=1S/C14H17NO.C3H2N2/c1-15(2)13-8-6-11(7-9-13)12-4-3-5-14(16)10-12;4-2-1-3-5/h6-10H,3-5H2,1-2H3;1H2. The molecule has 108 valence electrons. The number of carbonyl (C=O) groups excluding carboxylic acids is 1. The Labute approximate surface area is 125 Å². The second kappa shape index (κ2) is 8.55. The van der Waals surface area contributed by atoms with Gasteiger partial charge in [0.1, 0.15) is 6.42 Å². The van der Waals surface area contributed by atoms with E-state index in [2.05, 4.69) is 29.2 Å². The quantitative estimate of drug-likeness (QED) is 0.834. The van der Waals surface area contributed by atoms with Crippen LogP contribution in [0.3, 0.4) is 0 Å². The molecule has 0 spiro atoms. The van der Waals surface area contributed by atoms with Gasteiger partial charge in [-0.3, -0.25) is 4.79 Å². The van der Waals surface area contributed by atoms with E-state index in [1.165, 1.54) is 16.8 Å². The number of ketones is 1. The van der Waals surface area contributed by atoms with Crippen molar-refractivity contribution in [2.45, 2.75) is 25.7 Å². The third-order valence-electron chi connectivity index (χ3n) is 3.12. The summed E-state index contributed by atoms with van der Waals surface area (Å²) in [5.74, 6) is 0.262. The van der Waals surface area contributed by atoms with Crippen molar-refractivity contribution in [2.24, 2.45) is 0 Å². The van der Waals surface area contributed by atoms with E-state index in [9.17, 15) is 4.79 Å². The van der Waals surface area contributed by atoms with Crippen molar-refractivity contribution in [3.63, 3.8) is 0 Å². The summed E-state index contributed by atoms with van der Waals surface area (Å²) in [5, 5.41) is 15.2. The van der Waals surface area contributed by atoms with Crippen LogP contribution < -0.4 is 4.90 Å². The highest BCUT2D eigenvalue weighted by molar-refractivity contribution is 5.98. The van der Waals surface area contributed by atoms with Crippen molar-refractivity contribution >= 4 is 17.0 Å². The van der Waals surface area contributed by atoms with Gasteiger partial charge in [0.25, 0.3) is 0 Å². The zero-order valence-electron chi connectivity index (χ0n) is 12.5. The first-order valence-electron chi connectivity index (χ1n) is 6.83. The zero-order chi connectivity index (χ0) is 15.7. The topological polar surface area (TPSA) is 67.9 Å². The summed E-state index contributed by atoms with van der Waals surface area (Å²) in [6.45, 7) is 0. The Morgan fingerprint density at radius 2 is 1.71 bits per heavy atom.